The highest BCUT2D eigenvalue weighted by molar-refractivity contribution is 5.82. The van der Waals surface area contributed by atoms with Crippen LogP contribution in [0, 0.1) is 19.3 Å². The molecule has 0 radical (unpaired) electrons. The summed E-state index contributed by atoms with van der Waals surface area (Å²) in [7, 11) is 0. The number of pyridine rings is 1. The van der Waals surface area contributed by atoms with E-state index in [1.54, 1.807) is 0 Å². The smallest absolute Gasteiger partial charge is 0.0708 e. The minimum absolute atomic E-state index is 0.335. The number of aryl methyl sites for hydroxylation is 1. The summed E-state index contributed by atoms with van der Waals surface area (Å²) in [5.41, 5.74) is 3.39. The predicted molar refractivity (Wildman–Crippen MR) is 76.2 cm³/mol. The molecule has 1 unspecified atom stereocenters. The van der Waals surface area contributed by atoms with Crippen molar-refractivity contribution in [1.29, 1.82) is 0 Å². The molecule has 2 nitrogen and oxygen atoms in total. The Kier molecular flexibility index (Phi) is 3.96. The molecule has 0 spiro atoms. The Morgan fingerprint density at radius 1 is 1.39 bits per heavy atom. The van der Waals surface area contributed by atoms with Gasteiger partial charge in [0.15, 0.2) is 0 Å². The van der Waals surface area contributed by atoms with E-state index >= 15 is 0 Å². The van der Waals surface area contributed by atoms with E-state index in [-0.39, 0.29) is 0 Å². The largest absolute Gasteiger partial charge is 0.309 e. The maximum atomic E-state index is 5.31. The topological polar surface area (TPSA) is 24.9 Å². The first-order valence-electron chi connectivity index (χ1n) is 6.23. The van der Waals surface area contributed by atoms with E-state index in [1.165, 1.54) is 10.9 Å². The Bertz CT molecular complexity index is 581. The fraction of sp³-hybridized carbons (Fsp3) is 0.312. The molecule has 0 bridgehead atoms. The van der Waals surface area contributed by atoms with E-state index in [9.17, 15) is 0 Å². The van der Waals surface area contributed by atoms with Crippen LogP contribution in [-0.4, -0.2) is 11.0 Å². The summed E-state index contributed by atoms with van der Waals surface area (Å²) in [6.07, 6.45) is 6.07. The molecule has 2 heteroatoms. The zero-order valence-electron chi connectivity index (χ0n) is 10.9. The quantitative estimate of drug-likeness (QED) is 0.828. The van der Waals surface area contributed by atoms with E-state index in [0.717, 1.165) is 24.2 Å². The third kappa shape index (κ3) is 2.88. The Morgan fingerprint density at radius 2 is 2.17 bits per heavy atom. The van der Waals surface area contributed by atoms with Crippen LogP contribution in [0.15, 0.2) is 30.3 Å². The molecule has 0 aliphatic rings. The van der Waals surface area contributed by atoms with Gasteiger partial charge in [-0.05, 0) is 31.5 Å². The van der Waals surface area contributed by atoms with Crippen LogP contribution in [0.4, 0.5) is 0 Å². The van der Waals surface area contributed by atoms with Gasteiger partial charge in [-0.25, -0.2) is 0 Å². The Balaban J connectivity index is 2.25. The number of aromatic nitrogens is 1. The lowest BCUT2D eigenvalue weighted by atomic mass is 10.1. The molecule has 1 heterocycles. The number of terminal acetylenes is 1. The van der Waals surface area contributed by atoms with Crippen molar-refractivity contribution in [2.75, 3.05) is 0 Å². The van der Waals surface area contributed by atoms with Crippen LogP contribution in [0.25, 0.3) is 10.9 Å². The Morgan fingerprint density at radius 3 is 2.94 bits per heavy atom. The summed E-state index contributed by atoms with van der Waals surface area (Å²) in [6.45, 7) is 4.96. The molecular formula is C16H18N2. The lowest BCUT2D eigenvalue weighted by Crippen LogP contribution is -2.25. The monoisotopic (exact) mass is 238 g/mol. The van der Waals surface area contributed by atoms with Crippen molar-refractivity contribution in [1.82, 2.24) is 10.3 Å². The first-order chi connectivity index (χ1) is 8.70. The second-order valence-corrected chi connectivity index (χ2v) is 4.63. The lowest BCUT2D eigenvalue weighted by Gasteiger charge is -2.13. The Labute approximate surface area is 108 Å². The molecule has 0 aliphatic heterocycles. The van der Waals surface area contributed by atoms with Crippen LogP contribution in [-0.2, 0) is 6.54 Å². The van der Waals surface area contributed by atoms with Gasteiger partial charge in [-0.15, -0.1) is 12.3 Å². The number of hydrogen-bond donors (Lipinski definition) is 1. The number of rotatable bonds is 4. The number of hydrogen-bond acceptors (Lipinski definition) is 2. The molecule has 92 valence electrons. The van der Waals surface area contributed by atoms with E-state index in [2.05, 4.69) is 41.3 Å². The minimum atomic E-state index is 0.335. The third-order valence-corrected chi connectivity index (χ3v) is 2.99. The van der Waals surface area contributed by atoms with Gasteiger partial charge >= 0.3 is 0 Å². The molecule has 0 saturated carbocycles. The normalized spacial score (nSPS) is 12.3. The van der Waals surface area contributed by atoms with E-state index in [4.69, 9.17) is 6.42 Å². The summed E-state index contributed by atoms with van der Waals surface area (Å²) in [6, 6.07) is 10.7. The predicted octanol–water partition coefficient (Wildman–Crippen LogP) is 3.04. The second kappa shape index (κ2) is 5.66. The van der Waals surface area contributed by atoms with Crippen molar-refractivity contribution >= 4 is 10.9 Å². The zero-order chi connectivity index (χ0) is 13.0. The van der Waals surface area contributed by atoms with Crippen molar-refractivity contribution in [3.8, 4) is 12.3 Å². The summed E-state index contributed by atoms with van der Waals surface area (Å²) in [5.74, 6) is 2.68. The highest BCUT2D eigenvalue weighted by Crippen LogP contribution is 2.18. The van der Waals surface area contributed by atoms with E-state index in [1.807, 2.05) is 19.1 Å². The lowest BCUT2D eigenvalue weighted by molar-refractivity contribution is 0.561. The Hall–Kier alpha value is -1.85. The highest BCUT2D eigenvalue weighted by Gasteiger charge is 2.05. The van der Waals surface area contributed by atoms with Gasteiger partial charge in [0.25, 0.3) is 0 Å². The first kappa shape index (κ1) is 12.6. The molecule has 0 amide bonds. The SMILES string of the molecule is C#CCC(C)NCc1cc(C)nc2ccccc12. The van der Waals surface area contributed by atoms with Crippen molar-refractivity contribution in [2.24, 2.45) is 0 Å². The highest BCUT2D eigenvalue weighted by atomic mass is 14.9. The van der Waals surface area contributed by atoms with Crippen molar-refractivity contribution in [3.05, 3.63) is 41.6 Å². The summed E-state index contributed by atoms with van der Waals surface area (Å²) in [5, 5.41) is 4.66. The second-order valence-electron chi connectivity index (χ2n) is 4.63. The summed E-state index contributed by atoms with van der Waals surface area (Å²) < 4.78 is 0. The van der Waals surface area contributed by atoms with E-state index < -0.39 is 0 Å². The standard InChI is InChI=1S/C16H18N2/c1-4-7-12(2)17-11-14-10-13(3)18-16-9-6-5-8-15(14)16/h1,5-6,8-10,12,17H,7,11H2,2-3H3. The molecule has 0 fully saturated rings. The molecule has 18 heavy (non-hydrogen) atoms. The third-order valence-electron chi connectivity index (χ3n) is 2.99. The van der Waals surface area contributed by atoms with Gasteiger partial charge in [-0.3, -0.25) is 4.98 Å². The molecule has 1 aromatic heterocycles. The van der Waals surface area contributed by atoms with Crippen LogP contribution < -0.4 is 5.32 Å². The fourth-order valence-electron chi connectivity index (χ4n) is 2.07. The molecule has 1 atom stereocenters. The van der Waals surface area contributed by atoms with Gasteiger partial charge < -0.3 is 5.32 Å². The van der Waals surface area contributed by atoms with Crippen LogP contribution in [0.1, 0.15) is 24.6 Å². The molecule has 0 saturated heterocycles. The van der Waals surface area contributed by atoms with Crippen molar-refractivity contribution in [2.45, 2.75) is 32.9 Å². The van der Waals surface area contributed by atoms with Gasteiger partial charge in [-0.2, -0.15) is 0 Å². The van der Waals surface area contributed by atoms with Gasteiger partial charge in [0.1, 0.15) is 0 Å². The number of benzene rings is 1. The number of fused-ring (bicyclic) bond motifs is 1. The maximum Gasteiger partial charge on any atom is 0.0708 e. The molecule has 1 aromatic carbocycles. The van der Waals surface area contributed by atoms with Crippen LogP contribution >= 0.6 is 0 Å². The van der Waals surface area contributed by atoms with Crippen LogP contribution in [0.2, 0.25) is 0 Å². The van der Waals surface area contributed by atoms with Gasteiger partial charge in [0, 0.05) is 30.1 Å². The number of nitrogens with one attached hydrogen (secondary N) is 1. The van der Waals surface area contributed by atoms with Crippen molar-refractivity contribution < 1.29 is 0 Å². The first-order valence-corrected chi connectivity index (χ1v) is 6.23. The number of nitrogens with zero attached hydrogens (tertiary/aromatic N) is 1. The zero-order valence-corrected chi connectivity index (χ0v) is 10.9. The molecule has 2 rings (SSSR count). The molecule has 0 aliphatic carbocycles. The van der Waals surface area contributed by atoms with E-state index in [0.29, 0.717) is 6.04 Å². The van der Waals surface area contributed by atoms with Gasteiger partial charge in [0.2, 0.25) is 0 Å². The maximum absolute atomic E-state index is 5.31. The van der Waals surface area contributed by atoms with Crippen molar-refractivity contribution in [3.63, 3.8) is 0 Å². The fourth-order valence-corrected chi connectivity index (χ4v) is 2.07. The van der Waals surface area contributed by atoms with Crippen LogP contribution in [0.5, 0.6) is 0 Å². The minimum Gasteiger partial charge on any atom is -0.309 e. The molecule has 1 N–H and O–H groups in total. The average molecular weight is 238 g/mol. The summed E-state index contributed by atoms with van der Waals surface area (Å²) >= 11 is 0. The van der Waals surface area contributed by atoms with Gasteiger partial charge in [-0.1, -0.05) is 18.2 Å². The molecular weight excluding hydrogens is 220 g/mol. The summed E-state index contributed by atoms with van der Waals surface area (Å²) in [4.78, 5) is 4.54. The molecule has 2 aromatic rings. The van der Waals surface area contributed by atoms with Crippen LogP contribution in [0.3, 0.4) is 0 Å². The van der Waals surface area contributed by atoms with Gasteiger partial charge in [0.05, 0.1) is 5.52 Å². The number of para-hydroxylation sites is 1. The average Bonchev–Trinajstić information content (AvgIpc) is 2.36.